The fourth-order valence-electron chi connectivity index (χ4n) is 1.85. The molecule has 0 radical (unpaired) electrons. The van der Waals surface area contributed by atoms with Gasteiger partial charge >= 0.3 is 0 Å². The first-order valence-electron chi connectivity index (χ1n) is 4.82. The molecule has 1 aromatic rings. The zero-order chi connectivity index (χ0) is 10.2. The first-order valence-corrected chi connectivity index (χ1v) is 6.43. The third kappa shape index (κ3) is 2.49. The first kappa shape index (κ1) is 10.5. The highest BCUT2D eigenvalue weighted by Gasteiger charge is 2.30. The van der Waals surface area contributed by atoms with E-state index in [4.69, 9.17) is 0 Å². The van der Waals surface area contributed by atoms with Crippen LogP contribution in [0.25, 0.3) is 0 Å². The highest BCUT2D eigenvalue weighted by molar-refractivity contribution is 9.11. The van der Waals surface area contributed by atoms with Crippen molar-refractivity contribution in [3.63, 3.8) is 0 Å². The van der Waals surface area contributed by atoms with Gasteiger partial charge < -0.3 is 10.6 Å². The predicted molar refractivity (Wildman–Crippen MR) is 66.1 cm³/mol. The van der Waals surface area contributed by atoms with Crippen molar-refractivity contribution < 1.29 is 0 Å². The van der Waals surface area contributed by atoms with Gasteiger partial charge in [-0.2, -0.15) is 0 Å². The zero-order valence-electron chi connectivity index (χ0n) is 8.43. The van der Waals surface area contributed by atoms with Crippen LogP contribution >= 0.6 is 27.3 Å². The van der Waals surface area contributed by atoms with E-state index >= 15 is 0 Å². The quantitative estimate of drug-likeness (QED) is 0.866. The van der Waals surface area contributed by atoms with Crippen LogP contribution in [0.15, 0.2) is 15.9 Å². The van der Waals surface area contributed by atoms with Crippen molar-refractivity contribution in [2.45, 2.75) is 31.8 Å². The molecule has 1 atom stereocenters. The lowest BCUT2D eigenvalue weighted by atomic mass is 10.0. The smallest absolute Gasteiger partial charge is 0.0896 e. The summed E-state index contributed by atoms with van der Waals surface area (Å²) in [4.78, 5) is 0. The highest BCUT2D eigenvalue weighted by atomic mass is 79.9. The molecule has 14 heavy (non-hydrogen) atoms. The fraction of sp³-hybridized carbons (Fsp3) is 0.600. The van der Waals surface area contributed by atoms with Crippen LogP contribution in [0.1, 0.15) is 20.3 Å². The SMILES string of the molecule is CC1(C)CC(Nc2ccc(Br)s2)CN1. The van der Waals surface area contributed by atoms with Gasteiger partial charge in [0.05, 0.1) is 8.79 Å². The summed E-state index contributed by atoms with van der Waals surface area (Å²) in [5.41, 5.74) is 0.284. The lowest BCUT2D eigenvalue weighted by Gasteiger charge is -2.17. The number of thiophene rings is 1. The van der Waals surface area contributed by atoms with Crippen LogP contribution in [0.2, 0.25) is 0 Å². The number of halogens is 1. The molecule has 1 aliphatic heterocycles. The Bertz CT molecular complexity index is 322. The Morgan fingerprint density at radius 1 is 1.57 bits per heavy atom. The third-order valence-electron chi connectivity index (χ3n) is 2.50. The summed E-state index contributed by atoms with van der Waals surface area (Å²) in [6, 6.07) is 4.77. The lowest BCUT2D eigenvalue weighted by Crippen LogP contribution is -2.31. The number of rotatable bonds is 2. The number of hydrogen-bond acceptors (Lipinski definition) is 3. The second kappa shape index (κ2) is 3.83. The van der Waals surface area contributed by atoms with E-state index in [9.17, 15) is 0 Å². The molecule has 0 aromatic carbocycles. The summed E-state index contributed by atoms with van der Waals surface area (Å²) in [7, 11) is 0. The van der Waals surface area contributed by atoms with Gasteiger partial charge in [-0.1, -0.05) is 0 Å². The highest BCUT2D eigenvalue weighted by Crippen LogP contribution is 2.29. The average Bonchev–Trinajstić information content (AvgIpc) is 2.59. The van der Waals surface area contributed by atoms with E-state index in [1.165, 1.54) is 15.2 Å². The normalized spacial score (nSPS) is 25.2. The minimum Gasteiger partial charge on any atom is -0.373 e. The van der Waals surface area contributed by atoms with E-state index in [1.807, 2.05) is 0 Å². The molecular formula is C10H15BrN2S. The topological polar surface area (TPSA) is 24.1 Å². The molecule has 0 saturated carbocycles. The molecule has 78 valence electrons. The lowest BCUT2D eigenvalue weighted by molar-refractivity contribution is 0.457. The summed E-state index contributed by atoms with van der Waals surface area (Å²) < 4.78 is 1.19. The van der Waals surface area contributed by atoms with Crippen LogP contribution in [0.4, 0.5) is 5.00 Å². The van der Waals surface area contributed by atoms with E-state index in [2.05, 4.69) is 52.5 Å². The molecule has 0 aliphatic carbocycles. The average molecular weight is 275 g/mol. The van der Waals surface area contributed by atoms with E-state index in [1.54, 1.807) is 11.3 Å². The molecule has 0 amide bonds. The predicted octanol–water partition coefficient (Wildman–Crippen LogP) is 3.06. The fourth-order valence-corrected chi connectivity index (χ4v) is 3.22. The molecule has 0 bridgehead atoms. The Balaban J connectivity index is 1.94. The summed E-state index contributed by atoms with van der Waals surface area (Å²) >= 11 is 5.22. The molecular weight excluding hydrogens is 260 g/mol. The summed E-state index contributed by atoms with van der Waals surface area (Å²) in [6.45, 7) is 5.56. The van der Waals surface area contributed by atoms with E-state index in [0.717, 1.165) is 6.54 Å². The second-order valence-electron chi connectivity index (χ2n) is 4.41. The van der Waals surface area contributed by atoms with Crippen molar-refractivity contribution in [1.29, 1.82) is 0 Å². The third-order valence-corrected chi connectivity index (χ3v) is 4.06. The standard InChI is InChI=1S/C10H15BrN2S/c1-10(2)5-7(6-12-10)13-9-4-3-8(11)14-9/h3-4,7,12-13H,5-6H2,1-2H3. The first-order chi connectivity index (χ1) is 6.55. The van der Waals surface area contributed by atoms with Gasteiger partial charge in [0.1, 0.15) is 0 Å². The molecule has 0 spiro atoms. The maximum Gasteiger partial charge on any atom is 0.0896 e. The van der Waals surface area contributed by atoms with Gasteiger partial charge in [0.2, 0.25) is 0 Å². The van der Waals surface area contributed by atoms with Crippen molar-refractivity contribution >= 4 is 32.3 Å². The summed E-state index contributed by atoms with van der Waals surface area (Å²) in [5, 5.41) is 8.30. The van der Waals surface area contributed by atoms with Crippen molar-refractivity contribution in [2.24, 2.45) is 0 Å². The van der Waals surface area contributed by atoms with Crippen molar-refractivity contribution in [3.05, 3.63) is 15.9 Å². The van der Waals surface area contributed by atoms with Gasteiger partial charge in [-0.05, 0) is 48.3 Å². The molecule has 2 heterocycles. The van der Waals surface area contributed by atoms with E-state index in [-0.39, 0.29) is 5.54 Å². The molecule has 2 rings (SSSR count). The Morgan fingerprint density at radius 2 is 2.36 bits per heavy atom. The van der Waals surface area contributed by atoms with Gasteiger partial charge in [0.15, 0.2) is 0 Å². The largest absolute Gasteiger partial charge is 0.373 e. The molecule has 1 aliphatic rings. The van der Waals surface area contributed by atoms with E-state index < -0.39 is 0 Å². The van der Waals surface area contributed by atoms with Crippen LogP contribution in [0, 0.1) is 0 Å². The van der Waals surface area contributed by atoms with Crippen LogP contribution in [-0.2, 0) is 0 Å². The van der Waals surface area contributed by atoms with Crippen LogP contribution in [-0.4, -0.2) is 18.1 Å². The van der Waals surface area contributed by atoms with Gasteiger partial charge in [-0.3, -0.25) is 0 Å². The molecule has 2 nitrogen and oxygen atoms in total. The number of anilines is 1. The molecule has 2 N–H and O–H groups in total. The molecule has 4 heteroatoms. The minimum absolute atomic E-state index is 0.284. The Labute approximate surface area is 97.2 Å². The van der Waals surface area contributed by atoms with Gasteiger partial charge in [0.25, 0.3) is 0 Å². The maximum atomic E-state index is 3.54. The second-order valence-corrected chi connectivity index (χ2v) is 6.88. The molecule has 1 aromatic heterocycles. The van der Waals surface area contributed by atoms with Crippen LogP contribution in [0.5, 0.6) is 0 Å². The van der Waals surface area contributed by atoms with Crippen molar-refractivity contribution in [3.8, 4) is 0 Å². The Hall–Kier alpha value is -0.0600. The Kier molecular flexibility index (Phi) is 2.86. The molecule has 1 saturated heterocycles. The van der Waals surface area contributed by atoms with Crippen LogP contribution < -0.4 is 10.6 Å². The van der Waals surface area contributed by atoms with Gasteiger partial charge in [-0.25, -0.2) is 0 Å². The maximum absolute atomic E-state index is 3.54. The molecule has 1 fully saturated rings. The Morgan fingerprint density at radius 3 is 2.86 bits per heavy atom. The van der Waals surface area contributed by atoms with Crippen molar-refractivity contribution in [2.75, 3.05) is 11.9 Å². The summed E-state index contributed by atoms with van der Waals surface area (Å²) in [5.74, 6) is 0. The zero-order valence-corrected chi connectivity index (χ0v) is 10.8. The minimum atomic E-state index is 0.284. The van der Waals surface area contributed by atoms with E-state index in [0.29, 0.717) is 6.04 Å². The van der Waals surface area contributed by atoms with Gasteiger partial charge in [0, 0.05) is 18.1 Å². The van der Waals surface area contributed by atoms with Gasteiger partial charge in [-0.15, -0.1) is 11.3 Å². The van der Waals surface area contributed by atoms with Crippen molar-refractivity contribution in [1.82, 2.24) is 5.32 Å². The number of hydrogen-bond donors (Lipinski definition) is 2. The van der Waals surface area contributed by atoms with Crippen LogP contribution in [0.3, 0.4) is 0 Å². The monoisotopic (exact) mass is 274 g/mol. The molecule has 1 unspecified atom stereocenters. The summed E-state index contributed by atoms with van der Waals surface area (Å²) in [6.07, 6.45) is 1.18. The number of nitrogens with one attached hydrogen (secondary N) is 2.